The number of hydrogen-bond donors (Lipinski definition) is 1. The normalized spacial score (nSPS) is 21.1. The van der Waals surface area contributed by atoms with Gasteiger partial charge in [0.15, 0.2) is 9.84 Å². The molecule has 2 amide bonds. The van der Waals surface area contributed by atoms with E-state index in [1.54, 1.807) is 13.1 Å². The smallest absolute Gasteiger partial charge is 0.321 e. The standard InChI is InChI=1S/C12H15BrN2O3S/c1-15(9-6-7-19(17,18)8-9)12(16)14-11-5-3-2-4-10(11)13/h2-5,9H,6-8H2,1H3,(H,14,16). The second-order valence-corrected chi connectivity index (χ2v) is 7.66. The number of rotatable bonds is 2. The minimum atomic E-state index is -2.99. The van der Waals surface area contributed by atoms with E-state index in [0.717, 1.165) is 4.47 Å². The molecule has 0 radical (unpaired) electrons. The van der Waals surface area contributed by atoms with Crippen LogP contribution in [0.2, 0.25) is 0 Å². The summed E-state index contributed by atoms with van der Waals surface area (Å²) >= 11 is 3.35. The molecule has 0 aromatic heterocycles. The molecule has 1 N–H and O–H groups in total. The summed E-state index contributed by atoms with van der Waals surface area (Å²) in [6, 6.07) is 6.74. The van der Waals surface area contributed by atoms with E-state index in [9.17, 15) is 13.2 Å². The second kappa shape index (κ2) is 5.50. The molecule has 1 aromatic carbocycles. The number of urea groups is 1. The van der Waals surface area contributed by atoms with Crippen LogP contribution in [0.1, 0.15) is 6.42 Å². The molecule has 1 heterocycles. The first-order valence-electron chi connectivity index (χ1n) is 5.88. The summed E-state index contributed by atoms with van der Waals surface area (Å²) in [5.74, 6) is 0.206. The molecule has 19 heavy (non-hydrogen) atoms. The molecule has 1 aliphatic rings. The van der Waals surface area contributed by atoms with Crippen molar-refractivity contribution in [1.29, 1.82) is 0 Å². The topological polar surface area (TPSA) is 66.5 Å². The van der Waals surface area contributed by atoms with Crippen molar-refractivity contribution in [2.24, 2.45) is 0 Å². The predicted molar refractivity (Wildman–Crippen MR) is 78.0 cm³/mol. The molecule has 0 aliphatic carbocycles. The van der Waals surface area contributed by atoms with Gasteiger partial charge in [-0.2, -0.15) is 0 Å². The Labute approximate surface area is 121 Å². The average Bonchev–Trinajstić information content (AvgIpc) is 2.71. The highest BCUT2D eigenvalue weighted by molar-refractivity contribution is 9.10. The second-order valence-electron chi connectivity index (χ2n) is 4.58. The third-order valence-electron chi connectivity index (χ3n) is 3.19. The zero-order valence-electron chi connectivity index (χ0n) is 10.5. The number of halogens is 1. The van der Waals surface area contributed by atoms with Crippen LogP contribution in [0.25, 0.3) is 0 Å². The van der Waals surface area contributed by atoms with E-state index < -0.39 is 9.84 Å². The largest absolute Gasteiger partial charge is 0.324 e. The number of amides is 2. The molecule has 2 rings (SSSR count). The number of nitrogens with one attached hydrogen (secondary N) is 1. The average molecular weight is 347 g/mol. The molecular formula is C12H15BrN2O3S. The van der Waals surface area contributed by atoms with Gasteiger partial charge in [0.05, 0.1) is 17.2 Å². The number of hydrogen-bond acceptors (Lipinski definition) is 3. The fourth-order valence-corrected chi connectivity index (χ4v) is 4.17. The molecule has 1 saturated heterocycles. The van der Waals surface area contributed by atoms with Crippen molar-refractivity contribution >= 4 is 37.5 Å². The number of carbonyl (C=O) groups excluding carboxylic acids is 1. The van der Waals surface area contributed by atoms with E-state index in [2.05, 4.69) is 21.2 Å². The van der Waals surface area contributed by atoms with Gasteiger partial charge in [0.2, 0.25) is 0 Å². The Bertz CT molecular complexity index is 588. The van der Waals surface area contributed by atoms with Crippen LogP contribution in [-0.4, -0.2) is 43.9 Å². The van der Waals surface area contributed by atoms with E-state index in [4.69, 9.17) is 0 Å². The van der Waals surface area contributed by atoms with Crippen LogP contribution < -0.4 is 5.32 Å². The van der Waals surface area contributed by atoms with Crippen molar-refractivity contribution in [3.05, 3.63) is 28.7 Å². The molecule has 104 valence electrons. The molecule has 1 unspecified atom stereocenters. The Morgan fingerprint density at radius 3 is 2.68 bits per heavy atom. The molecule has 1 fully saturated rings. The summed E-state index contributed by atoms with van der Waals surface area (Å²) in [4.78, 5) is 13.5. The Morgan fingerprint density at radius 2 is 2.11 bits per heavy atom. The minimum Gasteiger partial charge on any atom is -0.324 e. The van der Waals surface area contributed by atoms with Gasteiger partial charge < -0.3 is 10.2 Å². The maximum absolute atomic E-state index is 12.1. The van der Waals surface area contributed by atoms with Gasteiger partial charge in [0.25, 0.3) is 0 Å². The van der Waals surface area contributed by atoms with Gasteiger partial charge >= 0.3 is 6.03 Å². The molecule has 0 spiro atoms. The maximum Gasteiger partial charge on any atom is 0.321 e. The number of anilines is 1. The Kier molecular flexibility index (Phi) is 4.15. The molecule has 1 atom stereocenters. The van der Waals surface area contributed by atoms with Crippen molar-refractivity contribution < 1.29 is 13.2 Å². The van der Waals surface area contributed by atoms with Crippen LogP contribution in [0.4, 0.5) is 10.5 Å². The third-order valence-corrected chi connectivity index (χ3v) is 5.63. The monoisotopic (exact) mass is 346 g/mol. The van der Waals surface area contributed by atoms with E-state index in [1.807, 2.05) is 18.2 Å². The van der Waals surface area contributed by atoms with E-state index in [-0.39, 0.29) is 23.6 Å². The Hall–Kier alpha value is -1.08. The molecule has 5 nitrogen and oxygen atoms in total. The summed E-state index contributed by atoms with van der Waals surface area (Å²) in [5.41, 5.74) is 0.667. The molecule has 7 heteroatoms. The van der Waals surface area contributed by atoms with E-state index in [0.29, 0.717) is 12.1 Å². The van der Waals surface area contributed by atoms with Crippen LogP contribution in [0.5, 0.6) is 0 Å². The van der Waals surface area contributed by atoms with Crippen molar-refractivity contribution in [2.45, 2.75) is 12.5 Å². The highest BCUT2D eigenvalue weighted by atomic mass is 79.9. The summed E-state index contributed by atoms with van der Waals surface area (Å²) in [6.07, 6.45) is 0.502. The van der Waals surface area contributed by atoms with Crippen LogP contribution in [0.15, 0.2) is 28.7 Å². The summed E-state index contributed by atoms with van der Waals surface area (Å²) in [6.45, 7) is 0. The van der Waals surface area contributed by atoms with Gasteiger partial charge in [-0.3, -0.25) is 0 Å². The quantitative estimate of drug-likeness (QED) is 0.891. The van der Waals surface area contributed by atoms with E-state index in [1.165, 1.54) is 4.90 Å². The van der Waals surface area contributed by atoms with Crippen molar-refractivity contribution in [3.63, 3.8) is 0 Å². The molecule has 0 saturated carbocycles. The fourth-order valence-electron chi connectivity index (χ4n) is 2.01. The van der Waals surface area contributed by atoms with Crippen LogP contribution in [-0.2, 0) is 9.84 Å². The van der Waals surface area contributed by atoms with Crippen LogP contribution in [0, 0.1) is 0 Å². The van der Waals surface area contributed by atoms with Crippen molar-refractivity contribution in [3.8, 4) is 0 Å². The van der Waals surface area contributed by atoms with Gasteiger partial charge in [-0.1, -0.05) is 12.1 Å². The molecule has 1 aliphatic heterocycles. The molecule has 0 bridgehead atoms. The first-order chi connectivity index (χ1) is 8.89. The Morgan fingerprint density at radius 1 is 1.42 bits per heavy atom. The SMILES string of the molecule is CN(C(=O)Nc1ccccc1Br)C1CCS(=O)(=O)C1. The summed E-state index contributed by atoms with van der Waals surface area (Å²) in [7, 11) is -1.36. The van der Waals surface area contributed by atoms with Crippen LogP contribution >= 0.6 is 15.9 Å². The van der Waals surface area contributed by atoms with Crippen molar-refractivity contribution in [2.75, 3.05) is 23.9 Å². The lowest BCUT2D eigenvalue weighted by molar-refractivity contribution is 0.209. The Balaban J connectivity index is 2.03. The van der Waals surface area contributed by atoms with Gasteiger partial charge in [0.1, 0.15) is 0 Å². The number of benzene rings is 1. The number of nitrogens with zero attached hydrogens (tertiary/aromatic N) is 1. The fraction of sp³-hybridized carbons (Fsp3) is 0.417. The molecule has 1 aromatic rings. The third kappa shape index (κ3) is 3.48. The number of sulfone groups is 1. The summed E-state index contributed by atoms with van der Waals surface area (Å²) < 4.78 is 23.6. The van der Waals surface area contributed by atoms with Gasteiger partial charge in [-0.15, -0.1) is 0 Å². The zero-order chi connectivity index (χ0) is 14.0. The first kappa shape index (κ1) is 14.3. The maximum atomic E-state index is 12.1. The van der Waals surface area contributed by atoms with E-state index >= 15 is 0 Å². The highest BCUT2D eigenvalue weighted by Crippen LogP contribution is 2.22. The zero-order valence-corrected chi connectivity index (χ0v) is 12.9. The van der Waals surface area contributed by atoms with Crippen LogP contribution in [0.3, 0.4) is 0 Å². The van der Waals surface area contributed by atoms with Gasteiger partial charge in [-0.05, 0) is 34.5 Å². The predicted octanol–water partition coefficient (Wildman–Crippen LogP) is 2.10. The molecular weight excluding hydrogens is 332 g/mol. The van der Waals surface area contributed by atoms with Gasteiger partial charge in [0, 0.05) is 17.6 Å². The summed E-state index contributed by atoms with van der Waals surface area (Å²) in [5, 5.41) is 2.76. The lowest BCUT2D eigenvalue weighted by Gasteiger charge is -2.23. The first-order valence-corrected chi connectivity index (χ1v) is 8.49. The van der Waals surface area contributed by atoms with Crippen molar-refractivity contribution in [1.82, 2.24) is 4.90 Å². The lowest BCUT2D eigenvalue weighted by Crippen LogP contribution is -2.40. The minimum absolute atomic E-state index is 0.0485. The number of carbonyl (C=O) groups is 1. The number of para-hydroxylation sites is 1. The highest BCUT2D eigenvalue weighted by Gasteiger charge is 2.32. The lowest BCUT2D eigenvalue weighted by atomic mass is 10.2. The van der Waals surface area contributed by atoms with Gasteiger partial charge in [-0.25, -0.2) is 13.2 Å².